The summed E-state index contributed by atoms with van der Waals surface area (Å²) in [5.41, 5.74) is 6.20. The summed E-state index contributed by atoms with van der Waals surface area (Å²) < 4.78 is 7.31. The Hall–Kier alpha value is -1.76. The lowest BCUT2D eigenvalue weighted by molar-refractivity contribution is 0.462. The molecule has 0 spiro atoms. The number of ether oxygens (including phenoxy) is 1. The Morgan fingerprint density at radius 1 is 0.195 bits per heavy atom. The van der Waals surface area contributed by atoms with E-state index >= 15 is 0 Å². The molecule has 2 aromatic carbocycles. The van der Waals surface area contributed by atoms with Crippen LogP contribution in [0, 0.1) is 0 Å². The zero-order chi connectivity index (χ0) is 54.8. The van der Waals surface area contributed by atoms with E-state index in [0.29, 0.717) is 0 Å². The number of rotatable bonds is 62. The molecule has 0 heterocycles. The first-order valence-electron chi connectivity index (χ1n) is 36.1. The van der Waals surface area contributed by atoms with Gasteiger partial charge in [-0.2, -0.15) is 0 Å². The average Bonchev–Trinajstić information content (AvgIpc) is 3.44. The molecule has 1 nitrogen and oxygen atoms in total. The lowest BCUT2D eigenvalue weighted by atomic mass is 9.94. The number of hydrogen-bond donors (Lipinski definition) is 0. The third kappa shape index (κ3) is 43.6. The van der Waals surface area contributed by atoms with Crippen LogP contribution in [0.5, 0.6) is 11.5 Å². The Labute approximate surface area is 485 Å². The summed E-state index contributed by atoms with van der Waals surface area (Å²) in [6.07, 6.45) is 84.1. The van der Waals surface area contributed by atoms with E-state index in [0.717, 1.165) is 12.8 Å². The van der Waals surface area contributed by atoms with E-state index in [1.54, 1.807) is 11.1 Å². The summed E-state index contributed by atoms with van der Waals surface area (Å²) in [7, 11) is 0. The van der Waals surface area contributed by atoms with Gasteiger partial charge in [-0.25, -0.2) is 0 Å². The zero-order valence-corrected chi connectivity index (χ0v) is 53.3. The van der Waals surface area contributed by atoms with Gasteiger partial charge < -0.3 is 4.74 Å². The van der Waals surface area contributed by atoms with Gasteiger partial charge in [0.15, 0.2) is 0 Å². The molecule has 0 radical (unpaired) electrons. The van der Waals surface area contributed by atoms with Crippen molar-refractivity contribution >= 4 is 0 Å². The summed E-state index contributed by atoms with van der Waals surface area (Å²) in [6.45, 7) is 9.29. The van der Waals surface area contributed by atoms with E-state index in [2.05, 4.69) is 64.1 Å². The second kappa shape index (κ2) is 57.5. The summed E-state index contributed by atoms with van der Waals surface area (Å²) in [4.78, 5) is 0. The molecule has 2 rings (SSSR count). The molecule has 2 aromatic rings. The second-order valence-electron chi connectivity index (χ2n) is 25.3. The van der Waals surface area contributed by atoms with Gasteiger partial charge in [-0.15, -0.1) is 0 Å². The smallest absolute Gasteiger partial charge is 0.130 e. The Balaban J connectivity index is 2.03. The number of aryl methyl sites for hydroxylation is 2. The minimum atomic E-state index is 1.16. The Kier molecular flexibility index (Phi) is 53.3. The van der Waals surface area contributed by atoms with E-state index in [1.165, 1.54) is 395 Å². The van der Waals surface area contributed by atoms with Crippen molar-refractivity contribution in [1.29, 1.82) is 0 Å². The van der Waals surface area contributed by atoms with Crippen molar-refractivity contribution in [3.8, 4) is 11.5 Å². The third-order valence-electron chi connectivity index (χ3n) is 17.8. The van der Waals surface area contributed by atoms with Gasteiger partial charge in [0.2, 0.25) is 0 Å². The van der Waals surface area contributed by atoms with E-state index in [-0.39, 0.29) is 0 Å². The van der Waals surface area contributed by atoms with Gasteiger partial charge in [0.1, 0.15) is 11.5 Å². The van der Waals surface area contributed by atoms with Crippen molar-refractivity contribution in [3.05, 3.63) is 58.7 Å². The van der Waals surface area contributed by atoms with Gasteiger partial charge in [-0.1, -0.05) is 386 Å². The molecule has 0 unspecified atom stereocenters. The van der Waals surface area contributed by atoms with Gasteiger partial charge in [0, 0.05) is 0 Å². The van der Waals surface area contributed by atoms with Crippen LogP contribution >= 0.6 is 0 Å². The molecule has 0 fully saturated rings. The molecule has 77 heavy (non-hydrogen) atoms. The molecule has 0 saturated heterocycles. The summed E-state index contributed by atoms with van der Waals surface area (Å²) >= 11 is 0. The molecule has 0 aliphatic carbocycles. The van der Waals surface area contributed by atoms with Crippen LogP contribution in [0.3, 0.4) is 0 Å². The molecule has 0 aliphatic heterocycles. The fourth-order valence-electron chi connectivity index (χ4n) is 12.6. The van der Waals surface area contributed by atoms with E-state index in [4.69, 9.17) is 4.74 Å². The maximum absolute atomic E-state index is 7.31. The molecule has 0 aliphatic rings. The topological polar surface area (TPSA) is 9.23 Å². The number of unbranched alkanes of at least 4 members (excludes halogenated alkanes) is 52. The normalized spacial score (nSPS) is 11.6. The number of benzene rings is 2. The fourth-order valence-corrected chi connectivity index (χ4v) is 12.6. The SMILES string of the molecule is CCCCCCCCCCCCCCCCc1cccc(Oc2cccc(CCCCCCCCCCCCCCCC)c2CCCCCCCCCCCCCCCC)c1CCCCCCCCCCCCCCCC. The van der Waals surface area contributed by atoms with Crippen molar-refractivity contribution in [2.45, 2.75) is 413 Å². The largest absolute Gasteiger partial charge is 0.457 e. The minimum absolute atomic E-state index is 1.16. The predicted molar refractivity (Wildman–Crippen MR) is 349 cm³/mol. The van der Waals surface area contributed by atoms with Crippen LogP contribution in [0.4, 0.5) is 0 Å². The standard InChI is InChI=1S/C76H138O/c1-5-9-13-17-21-25-29-33-37-41-45-49-53-57-63-71-65-61-69-75(73(71)67-59-55-51-47-43-39-35-31-27-23-19-15-11-7-3)77-76-70-62-66-72(64-58-54-50-46-42-38-34-30-26-22-18-14-10-6-2)74(76)68-60-56-52-48-44-40-36-32-28-24-20-16-12-8-4/h61-62,65-66,69-70H,5-60,63-64,67-68H2,1-4H3. The fraction of sp³-hybridized carbons (Fsp3) is 0.842. The summed E-state index contributed by atoms with van der Waals surface area (Å²) in [5, 5.41) is 0. The minimum Gasteiger partial charge on any atom is -0.457 e. The molecule has 0 N–H and O–H groups in total. The summed E-state index contributed by atoms with van der Waals surface area (Å²) in [5.74, 6) is 2.33. The maximum Gasteiger partial charge on any atom is 0.130 e. The molecule has 0 bridgehead atoms. The molecular formula is C76H138O. The molecule has 0 amide bonds. The molecule has 448 valence electrons. The molecule has 0 saturated carbocycles. The van der Waals surface area contributed by atoms with Gasteiger partial charge in [-0.3, -0.25) is 0 Å². The monoisotopic (exact) mass is 1070 g/mol. The summed E-state index contributed by atoms with van der Waals surface area (Å²) in [6, 6.07) is 14.3. The van der Waals surface area contributed by atoms with E-state index < -0.39 is 0 Å². The van der Waals surface area contributed by atoms with Gasteiger partial charge in [-0.05, 0) is 85.8 Å². The first-order chi connectivity index (χ1) is 38.2. The molecule has 1 heteroatoms. The first-order valence-corrected chi connectivity index (χ1v) is 36.1. The van der Waals surface area contributed by atoms with Gasteiger partial charge >= 0.3 is 0 Å². The van der Waals surface area contributed by atoms with Crippen molar-refractivity contribution in [1.82, 2.24) is 0 Å². The lowest BCUT2D eigenvalue weighted by Crippen LogP contribution is -2.03. The molecular weight excluding hydrogens is 929 g/mol. The maximum atomic E-state index is 7.31. The lowest BCUT2D eigenvalue weighted by Gasteiger charge is -2.20. The van der Waals surface area contributed by atoms with E-state index in [9.17, 15) is 0 Å². The highest BCUT2D eigenvalue weighted by Crippen LogP contribution is 2.35. The Morgan fingerprint density at radius 3 is 0.558 bits per heavy atom. The van der Waals surface area contributed by atoms with Gasteiger partial charge in [0.25, 0.3) is 0 Å². The van der Waals surface area contributed by atoms with E-state index in [1.807, 2.05) is 0 Å². The van der Waals surface area contributed by atoms with Crippen LogP contribution in [0.25, 0.3) is 0 Å². The Bertz CT molecular complexity index is 1360. The van der Waals surface area contributed by atoms with Crippen molar-refractivity contribution in [2.75, 3.05) is 0 Å². The highest BCUT2D eigenvalue weighted by molar-refractivity contribution is 5.47. The highest BCUT2D eigenvalue weighted by atomic mass is 16.5. The number of hydrogen-bond acceptors (Lipinski definition) is 1. The van der Waals surface area contributed by atoms with Crippen molar-refractivity contribution in [3.63, 3.8) is 0 Å². The molecule has 0 atom stereocenters. The van der Waals surface area contributed by atoms with Crippen LogP contribution in [0.1, 0.15) is 410 Å². The van der Waals surface area contributed by atoms with Crippen molar-refractivity contribution in [2.24, 2.45) is 0 Å². The second-order valence-corrected chi connectivity index (χ2v) is 25.3. The predicted octanol–water partition coefficient (Wildman–Crippen LogP) is 27.6. The van der Waals surface area contributed by atoms with Crippen LogP contribution < -0.4 is 4.74 Å². The van der Waals surface area contributed by atoms with Crippen LogP contribution in [-0.2, 0) is 25.7 Å². The zero-order valence-electron chi connectivity index (χ0n) is 53.3. The quantitative estimate of drug-likeness (QED) is 0.0600. The van der Waals surface area contributed by atoms with Gasteiger partial charge in [0.05, 0.1) is 0 Å². The van der Waals surface area contributed by atoms with Crippen LogP contribution in [0.2, 0.25) is 0 Å². The highest BCUT2D eigenvalue weighted by Gasteiger charge is 2.16. The van der Waals surface area contributed by atoms with Crippen LogP contribution in [-0.4, -0.2) is 0 Å². The first kappa shape index (κ1) is 71.3. The van der Waals surface area contributed by atoms with Crippen LogP contribution in [0.15, 0.2) is 36.4 Å². The molecule has 0 aromatic heterocycles. The average molecular weight is 1070 g/mol. The van der Waals surface area contributed by atoms with Crippen molar-refractivity contribution < 1.29 is 4.74 Å². The third-order valence-corrected chi connectivity index (χ3v) is 17.8. The Morgan fingerprint density at radius 2 is 0.364 bits per heavy atom.